The molecule has 0 aliphatic heterocycles. The van der Waals surface area contributed by atoms with E-state index in [1.54, 1.807) is 18.2 Å². The van der Waals surface area contributed by atoms with E-state index in [4.69, 9.17) is 11.6 Å². The van der Waals surface area contributed by atoms with Crippen molar-refractivity contribution in [3.63, 3.8) is 0 Å². The summed E-state index contributed by atoms with van der Waals surface area (Å²) in [7, 11) is -3.52. The fourth-order valence-corrected chi connectivity index (χ4v) is 4.21. The lowest BCUT2D eigenvalue weighted by molar-refractivity contribution is 0.582. The monoisotopic (exact) mass is 344 g/mol. The second kappa shape index (κ2) is 7.26. The fourth-order valence-electron chi connectivity index (χ4n) is 1.91. The second-order valence-corrected chi connectivity index (χ2v) is 7.92. The zero-order chi connectivity index (χ0) is 15.3. The Morgan fingerprint density at radius 2 is 1.95 bits per heavy atom. The third-order valence-corrected chi connectivity index (χ3v) is 5.65. The lowest BCUT2D eigenvalue weighted by Crippen LogP contribution is -2.26. The van der Waals surface area contributed by atoms with Gasteiger partial charge in [0.1, 0.15) is 4.90 Å². The molecule has 0 spiro atoms. The van der Waals surface area contributed by atoms with Crippen molar-refractivity contribution in [2.75, 3.05) is 18.4 Å². The molecule has 0 amide bonds. The van der Waals surface area contributed by atoms with Gasteiger partial charge in [-0.05, 0) is 37.6 Å². The summed E-state index contributed by atoms with van der Waals surface area (Å²) in [6, 6.07) is 10.6. The van der Waals surface area contributed by atoms with Crippen molar-refractivity contribution in [1.82, 2.24) is 4.72 Å². The number of nitrogens with one attached hydrogen (secondary N) is 2. The summed E-state index contributed by atoms with van der Waals surface area (Å²) in [5.41, 5.74) is 0.617. The predicted molar refractivity (Wildman–Crippen MR) is 88.8 cm³/mol. The highest BCUT2D eigenvalue weighted by atomic mass is 35.5. The van der Waals surface area contributed by atoms with E-state index in [1.807, 2.05) is 25.1 Å². The van der Waals surface area contributed by atoms with Crippen molar-refractivity contribution in [3.8, 4) is 0 Å². The smallest absolute Gasteiger partial charge is 0.242 e. The quantitative estimate of drug-likeness (QED) is 0.809. The van der Waals surface area contributed by atoms with Crippen LogP contribution in [0.25, 0.3) is 0 Å². The van der Waals surface area contributed by atoms with Crippen molar-refractivity contribution in [3.05, 3.63) is 45.6 Å². The standard InChI is InChI=1S/C14H17ClN2O2S2/c1-2-16-12-5-3-4-6-13(12)21(18,19)17-10-9-11-7-8-14(15)20-11/h3-8,16-17H,2,9-10H2,1H3. The summed E-state index contributed by atoms with van der Waals surface area (Å²) in [5.74, 6) is 0. The van der Waals surface area contributed by atoms with Crippen molar-refractivity contribution < 1.29 is 8.42 Å². The van der Waals surface area contributed by atoms with Gasteiger partial charge in [0.2, 0.25) is 10.0 Å². The van der Waals surface area contributed by atoms with E-state index in [0.717, 1.165) is 4.88 Å². The van der Waals surface area contributed by atoms with Gasteiger partial charge in [0.25, 0.3) is 0 Å². The summed E-state index contributed by atoms with van der Waals surface area (Å²) >= 11 is 7.32. The molecule has 2 N–H and O–H groups in total. The SMILES string of the molecule is CCNc1ccccc1S(=O)(=O)NCCc1ccc(Cl)s1. The normalized spacial score (nSPS) is 11.5. The molecule has 0 fully saturated rings. The van der Waals surface area contributed by atoms with Crippen LogP contribution < -0.4 is 10.0 Å². The van der Waals surface area contributed by atoms with E-state index in [1.165, 1.54) is 11.3 Å². The fraction of sp³-hybridized carbons (Fsp3) is 0.286. The third-order valence-electron chi connectivity index (χ3n) is 2.84. The minimum absolute atomic E-state index is 0.274. The zero-order valence-electron chi connectivity index (χ0n) is 11.6. The number of hydrogen-bond acceptors (Lipinski definition) is 4. The van der Waals surface area contributed by atoms with Gasteiger partial charge < -0.3 is 5.32 Å². The van der Waals surface area contributed by atoms with Crippen LogP contribution in [0.4, 0.5) is 5.69 Å². The van der Waals surface area contributed by atoms with Crippen LogP contribution in [0.3, 0.4) is 0 Å². The second-order valence-electron chi connectivity index (χ2n) is 4.38. The van der Waals surface area contributed by atoms with Crippen LogP contribution in [0, 0.1) is 0 Å². The summed E-state index contributed by atoms with van der Waals surface area (Å²) in [5, 5.41) is 3.06. The van der Waals surface area contributed by atoms with Gasteiger partial charge in [-0.25, -0.2) is 13.1 Å². The molecule has 1 aromatic carbocycles. The number of hydrogen-bond donors (Lipinski definition) is 2. The molecule has 4 nitrogen and oxygen atoms in total. The van der Waals surface area contributed by atoms with Crippen molar-refractivity contribution in [2.45, 2.75) is 18.2 Å². The third kappa shape index (κ3) is 4.44. The van der Waals surface area contributed by atoms with Gasteiger partial charge in [-0.1, -0.05) is 23.7 Å². The number of para-hydroxylation sites is 1. The molecule has 1 aromatic heterocycles. The Balaban J connectivity index is 2.04. The van der Waals surface area contributed by atoms with E-state index in [2.05, 4.69) is 10.0 Å². The van der Waals surface area contributed by atoms with Gasteiger partial charge in [0.15, 0.2) is 0 Å². The number of sulfonamides is 1. The Morgan fingerprint density at radius 3 is 2.62 bits per heavy atom. The van der Waals surface area contributed by atoms with Gasteiger partial charge in [-0.2, -0.15) is 0 Å². The molecule has 0 aliphatic rings. The van der Waals surface area contributed by atoms with Crippen molar-refractivity contribution in [2.24, 2.45) is 0 Å². The Hall–Kier alpha value is -1.08. The first-order chi connectivity index (χ1) is 10.0. The number of anilines is 1. The molecule has 0 radical (unpaired) electrons. The lowest BCUT2D eigenvalue weighted by Gasteiger charge is -2.11. The highest BCUT2D eigenvalue weighted by molar-refractivity contribution is 7.89. The maximum absolute atomic E-state index is 12.3. The van der Waals surface area contributed by atoms with Gasteiger partial charge in [0.05, 0.1) is 10.0 Å². The summed E-state index contributed by atoms with van der Waals surface area (Å²) in [6.45, 7) is 2.94. The molecule has 21 heavy (non-hydrogen) atoms. The minimum atomic E-state index is -3.52. The predicted octanol–water partition coefficient (Wildman–Crippen LogP) is 3.35. The first-order valence-electron chi connectivity index (χ1n) is 6.59. The molecule has 1 heterocycles. The average Bonchev–Trinajstić information content (AvgIpc) is 2.85. The molecule has 2 aromatic rings. The topological polar surface area (TPSA) is 58.2 Å². The number of rotatable bonds is 7. The number of thiophene rings is 1. The van der Waals surface area contributed by atoms with Gasteiger partial charge in [0, 0.05) is 18.0 Å². The van der Waals surface area contributed by atoms with Crippen LogP contribution >= 0.6 is 22.9 Å². The highest BCUT2D eigenvalue weighted by Gasteiger charge is 2.17. The van der Waals surface area contributed by atoms with E-state index in [-0.39, 0.29) is 4.90 Å². The molecule has 0 saturated carbocycles. The number of benzene rings is 1. The Labute approximate surface area is 134 Å². The zero-order valence-corrected chi connectivity index (χ0v) is 14.0. The maximum atomic E-state index is 12.3. The first kappa shape index (κ1) is 16.3. The van der Waals surface area contributed by atoms with E-state index in [9.17, 15) is 8.42 Å². The molecule has 0 aliphatic carbocycles. The summed E-state index contributed by atoms with van der Waals surface area (Å²) < 4.78 is 28.0. The summed E-state index contributed by atoms with van der Waals surface area (Å²) in [4.78, 5) is 1.33. The average molecular weight is 345 g/mol. The van der Waals surface area contributed by atoms with Crippen molar-refractivity contribution >= 4 is 38.6 Å². The Bertz CT molecular complexity index is 699. The van der Waals surface area contributed by atoms with Crippen LogP contribution in [0.5, 0.6) is 0 Å². The minimum Gasteiger partial charge on any atom is -0.384 e. The van der Waals surface area contributed by atoms with Crippen LogP contribution in [-0.2, 0) is 16.4 Å². The van der Waals surface area contributed by atoms with E-state index >= 15 is 0 Å². The lowest BCUT2D eigenvalue weighted by atomic mass is 10.3. The molecule has 0 unspecified atom stereocenters. The van der Waals surface area contributed by atoms with Crippen LogP contribution in [-0.4, -0.2) is 21.5 Å². The van der Waals surface area contributed by atoms with Gasteiger partial charge in [-0.3, -0.25) is 0 Å². The molecule has 2 rings (SSSR count). The molecular weight excluding hydrogens is 328 g/mol. The van der Waals surface area contributed by atoms with Crippen LogP contribution in [0.2, 0.25) is 4.34 Å². The largest absolute Gasteiger partial charge is 0.384 e. The maximum Gasteiger partial charge on any atom is 0.242 e. The van der Waals surface area contributed by atoms with Crippen LogP contribution in [0.15, 0.2) is 41.3 Å². The first-order valence-corrected chi connectivity index (χ1v) is 9.27. The van der Waals surface area contributed by atoms with E-state index < -0.39 is 10.0 Å². The molecular formula is C14H17ClN2O2S2. The van der Waals surface area contributed by atoms with Crippen LogP contribution in [0.1, 0.15) is 11.8 Å². The molecule has 114 valence electrons. The Morgan fingerprint density at radius 1 is 1.19 bits per heavy atom. The van der Waals surface area contributed by atoms with Gasteiger partial charge in [-0.15, -0.1) is 11.3 Å². The molecule has 7 heteroatoms. The molecule has 0 atom stereocenters. The van der Waals surface area contributed by atoms with Gasteiger partial charge >= 0.3 is 0 Å². The highest BCUT2D eigenvalue weighted by Crippen LogP contribution is 2.22. The van der Waals surface area contributed by atoms with E-state index in [0.29, 0.717) is 29.5 Å². The number of halogens is 1. The van der Waals surface area contributed by atoms with Crippen molar-refractivity contribution in [1.29, 1.82) is 0 Å². The molecule has 0 saturated heterocycles. The summed E-state index contributed by atoms with van der Waals surface area (Å²) in [6.07, 6.45) is 0.625. The molecule has 0 bridgehead atoms. The Kier molecular flexibility index (Phi) is 5.64.